The Morgan fingerprint density at radius 2 is 1.94 bits per heavy atom. The van der Waals surface area contributed by atoms with E-state index in [4.69, 9.17) is 23.2 Å². The highest BCUT2D eigenvalue weighted by atomic mass is 35.5. The predicted octanol–water partition coefficient (Wildman–Crippen LogP) is 3.63. The maximum atomic E-state index is 5.99. The van der Waals surface area contributed by atoms with Crippen LogP contribution < -0.4 is 0 Å². The third-order valence-corrected chi connectivity index (χ3v) is 3.43. The lowest BCUT2D eigenvalue weighted by Crippen LogP contribution is -1.95. The summed E-state index contributed by atoms with van der Waals surface area (Å²) in [5, 5.41) is 5.30. The molecule has 0 unspecified atom stereocenters. The van der Waals surface area contributed by atoms with E-state index in [1.54, 1.807) is 16.8 Å². The molecule has 1 aromatic carbocycles. The summed E-state index contributed by atoms with van der Waals surface area (Å²) in [4.78, 5) is 4.32. The minimum Gasteiger partial charge on any atom is -0.237 e. The van der Waals surface area contributed by atoms with Crippen molar-refractivity contribution in [1.29, 1.82) is 0 Å². The van der Waals surface area contributed by atoms with E-state index >= 15 is 0 Å². The Kier molecular flexibility index (Phi) is 2.94. The highest BCUT2D eigenvalue weighted by Gasteiger charge is 2.03. The molecule has 0 aliphatic heterocycles. The number of fused-ring (bicyclic) bond motifs is 1. The summed E-state index contributed by atoms with van der Waals surface area (Å²) in [7, 11) is 0. The molecule has 0 bridgehead atoms. The summed E-state index contributed by atoms with van der Waals surface area (Å²) in [6.45, 7) is 0. The van der Waals surface area contributed by atoms with Crippen molar-refractivity contribution in [3.05, 3.63) is 64.0 Å². The van der Waals surface area contributed by atoms with Gasteiger partial charge in [0, 0.05) is 24.9 Å². The normalized spacial score (nSPS) is 11.0. The third-order valence-electron chi connectivity index (χ3n) is 2.69. The van der Waals surface area contributed by atoms with E-state index in [0.717, 1.165) is 23.2 Å². The van der Waals surface area contributed by atoms with Crippen LogP contribution in [0.25, 0.3) is 5.65 Å². The lowest BCUT2D eigenvalue weighted by molar-refractivity contribution is 0.916. The van der Waals surface area contributed by atoms with Crippen LogP contribution in [0.3, 0.4) is 0 Å². The molecule has 2 aromatic heterocycles. The second-order valence-corrected chi connectivity index (χ2v) is 4.84. The van der Waals surface area contributed by atoms with Crippen molar-refractivity contribution in [2.45, 2.75) is 6.42 Å². The standard InChI is InChI=1S/C13H9Cl2N3/c14-11-2-1-9(6-12(11)15)5-10-7-16-13-3-4-17-18(13)8-10/h1-4,6-8H,5H2. The van der Waals surface area contributed by atoms with Crippen LogP contribution in [0, 0.1) is 0 Å². The first kappa shape index (κ1) is 11.5. The first-order valence-corrected chi connectivity index (χ1v) is 6.20. The van der Waals surface area contributed by atoms with Crippen LogP contribution in [0.4, 0.5) is 0 Å². The zero-order valence-electron chi connectivity index (χ0n) is 9.35. The zero-order chi connectivity index (χ0) is 12.5. The minimum absolute atomic E-state index is 0.570. The van der Waals surface area contributed by atoms with E-state index in [0.29, 0.717) is 10.0 Å². The fourth-order valence-corrected chi connectivity index (χ4v) is 2.15. The fraction of sp³-hybridized carbons (Fsp3) is 0.0769. The third kappa shape index (κ3) is 2.19. The summed E-state index contributed by atoms with van der Waals surface area (Å²) >= 11 is 11.9. The number of benzene rings is 1. The lowest BCUT2D eigenvalue weighted by atomic mass is 10.1. The molecule has 0 spiro atoms. The van der Waals surface area contributed by atoms with Crippen LogP contribution in [0.5, 0.6) is 0 Å². The highest BCUT2D eigenvalue weighted by Crippen LogP contribution is 2.23. The zero-order valence-corrected chi connectivity index (χ0v) is 10.9. The molecule has 5 heteroatoms. The molecule has 18 heavy (non-hydrogen) atoms. The van der Waals surface area contributed by atoms with Crippen molar-refractivity contribution in [3.8, 4) is 0 Å². The van der Waals surface area contributed by atoms with E-state index < -0.39 is 0 Å². The van der Waals surface area contributed by atoms with Gasteiger partial charge in [0.15, 0.2) is 5.65 Å². The van der Waals surface area contributed by atoms with Crippen molar-refractivity contribution < 1.29 is 0 Å². The van der Waals surface area contributed by atoms with Gasteiger partial charge in [-0.05, 0) is 23.3 Å². The Morgan fingerprint density at radius 3 is 2.78 bits per heavy atom. The Hall–Kier alpha value is -1.58. The number of nitrogens with zero attached hydrogens (tertiary/aromatic N) is 3. The average molecular weight is 278 g/mol. The van der Waals surface area contributed by atoms with Crippen LogP contribution in [0.15, 0.2) is 42.9 Å². The molecule has 3 rings (SSSR count). The smallest absolute Gasteiger partial charge is 0.154 e. The summed E-state index contributed by atoms with van der Waals surface area (Å²) in [5.74, 6) is 0. The topological polar surface area (TPSA) is 30.2 Å². The van der Waals surface area contributed by atoms with Gasteiger partial charge in [-0.2, -0.15) is 5.10 Å². The van der Waals surface area contributed by atoms with Crippen molar-refractivity contribution in [3.63, 3.8) is 0 Å². The van der Waals surface area contributed by atoms with Gasteiger partial charge in [-0.15, -0.1) is 0 Å². The van der Waals surface area contributed by atoms with Crippen LogP contribution >= 0.6 is 23.2 Å². The fourth-order valence-electron chi connectivity index (χ4n) is 1.83. The number of hydrogen-bond acceptors (Lipinski definition) is 2. The Balaban J connectivity index is 1.92. The molecule has 0 aliphatic rings. The highest BCUT2D eigenvalue weighted by molar-refractivity contribution is 6.42. The van der Waals surface area contributed by atoms with Gasteiger partial charge in [0.1, 0.15) is 0 Å². The maximum absolute atomic E-state index is 5.99. The molecule has 3 aromatic rings. The van der Waals surface area contributed by atoms with Crippen LogP contribution in [-0.2, 0) is 6.42 Å². The van der Waals surface area contributed by atoms with Crippen molar-refractivity contribution >= 4 is 28.8 Å². The van der Waals surface area contributed by atoms with Crippen molar-refractivity contribution in [2.75, 3.05) is 0 Å². The van der Waals surface area contributed by atoms with E-state index in [1.165, 1.54) is 0 Å². The van der Waals surface area contributed by atoms with Gasteiger partial charge < -0.3 is 0 Å². The van der Waals surface area contributed by atoms with E-state index in [-0.39, 0.29) is 0 Å². The number of halogens is 2. The summed E-state index contributed by atoms with van der Waals surface area (Å²) in [5.41, 5.74) is 3.01. The van der Waals surface area contributed by atoms with Gasteiger partial charge >= 0.3 is 0 Å². The van der Waals surface area contributed by atoms with Gasteiger partial charge in [0.05, 0.1) is 16.2 Å². The van der Waals surface area contributed by atoms with Crippen LogP contribution in [-0.4, -0.2) is 14.6 Å². The SMILES string of the molecule is Clc1ccc(Cc2cnc3ccnn3c2)cc1Cl. The first-order valence-electron chi connectivity index (χ1n) is 5.44. The molecular formula is C13H9Cl2N3. The average Bonchev–Trinajstić information content (AvgIpc) is 2.81. The lowest BCUT2D eigenvalue weighted by Gasteiger charge is -2.04. The molecule has 0 amide bonds. The molecule has 0 fully saturated rings. The van der Waals surface area contributed by atoms with Gasteiger partial charge in [-0.3, -0.25) is 0 Å². The first-order chi connectivity index (χ1) is 8.72. The molecule has 0 N–H and O–H groups in total. The van der Waals surface area contributed by atoms with Gasteiger partial charge in [-0.25, -0.2) is 9.50 Å². The molecule has 0 saturated heterocycles. The van der Waals surface area contributed by atoms with Crippen molar-refractivity contribution in [1.82, 2.24) is 14.6 Å². The van der Waals surface area contributed by atoms with Crippen molar-refractivity contribution in [2.24, 2.45) is 0 Å². The summed E-state index contributed by atoms with van der Waals surface area (Å²) < 4.78 is 1.76. The van der Waals surface area contributed by atoms with Crippen LogP contribution in [0.1, 0.15) is 11.1 Å². The molecule has 3 nitrogen and oxygen atoms in total. The molecule has 90 valence electrons. The largest absolute Gasteiger partial charge is 0.237 e. The number of aromatic nitrogens is 3. The van der Waals surface area contributed by atoms with E-state index in [9.17, 15) is 0 Å². The molecule has 0 saturated carbocycles. The predicted molar refractivity (Wildman–Crippen MR) is 72.3 cm³/mol. The minimum atomic E-state index is 0.570. The Labute approximate surface area is 114 Å². The summed E-state index contributed by atoms with van der Waals surface area (Å²) in [6.07, 6.45) is 6.29. The van der Waals surface area contributed by atoms with E-state index in [2.05, 4.69) is 10.1 Å². The van der Waals surface area contributed by atoms with Crippen LogP contribution in [0.2, 0.25) is 10.0 Å². The summed E-state index contributed by atoms with van der Waals surface area (Å²) in [6, 6.07) is 7.50. The number of rotatable bonds is 2. The quantitative estimate of drug-likeness (QED) is 0.716. The second kappa shape index (κ2) is 4.59. The monoisotopic (exact) mass is 277 g/mol. The van der Waals surface area contributed by atoms with Gasteiger partial charge in [0.25, 0.3) is 0 Å². The molecule has 2 heterocycles. The Bertz CT molecular complexity index is 706. The second-order valence-electron chi connectivity index (χ2n) is 4.02. The molecular weight excluding hydrogens is 269 g/mol. The molecule has 0 aliphatic carbocycles. The molecule has 0 atom stereocenters. The van der Waals surface area contributed by atoms with Gasteiger partial charge in [0.2, 0.25) is 0 Å². The number of hydrogen-bond donors (Lipinski definition) is 0. The van der Waals surface area contributed by atoms with E-state index in [1.807, 2.05) is 30.6 Å². The molecule has 0 radical (unpaired) electrons. The Morgan fingerprint density at radius 1 is 1.06 bits per heavy atom. The van der Waals surface area contributed by atoms with Gasteiger partial charge in [-0.1, -0.05) is 29.3 Å². The maximum Gasteiger partial charge on any atom is 0.154 e.